The third kappa shape index (κ3) is 4.93. The Labute approximate surface area is 177 Å². The fraction of sp³-hybridized carbons (Fsp3) is 0.238. The summed E-state index contributed by atoms with van der Waals surface area (Å²) in [6.45, 7) is 1.42. The number of rotatable bonds is 7. The maximum absolute atomic E-state index is 12.2. The number of aromatic nitrogens is 2. The fourth-order valence-electron chi connectivity index (χ4n) is 3.08. The zero-order valence-corrected chi connectivity index (χ0v) is 17.0. The number of hydrogen-bond donors (Lipinski definition) is 2. The van der Waals surface area contributed by atoms with E-state index < -0.39 is 0 Å². The van der Waals surface area contributed by atoms with Crippen molar-refractivity contribution >= 4 is 34.8 Å². The van der Waals surface area contributed by atoms with E-state index in [4.69, 9.17) is 4.74 Å². The number of nitrogens with zero attached hydrogens (tertiary/aromatic N) is 3. The van der Waals surface area contributed by atoms with Crippen molar-refractivity contribution in [2.24, 2.45) is 0 Å². The minimum Gasteiger partial charge on any atom is -0.447 e. The number of cyclic esters (lactones) is 1. The summed E-state index contributed by atoms with van der Waals surface area (Å²) in [6, 6.07) is 10.7. The van der Waals surface area contributed by atoms with Gasteiger partial charge in [0.25, 0.3) is 0 Å². The average molecular weight is 423 g/mol. The molecule has 0 atom stereocenters. The molecule has 30 heavy (non-hydrogen) atoms. The Hall–Kier alpha value is -3.46. The Kier molecular flexibility index (Phi) is 6.19. The molecule has 0 radical (unpaired) electrons. The number of hydrogen-bond acceptors (Lipinski definition) is 6. The van der Waals surface area contributed by atoms with Crippen molar-refractivity contribution in [2.45, 2.75) is 12.8 Å². The third-order valence-corrected chi connectivity index (χ3v) is 5.47. The zero-order valence-electron chi connectivity index (χ0n) is 16.2. The molecule has 1 aliphatic rings. The number of pyridine rings is 1. The molecule has 1 aliphatic heterocycles. The monoisotopic (exact) mass is 423 g/mol. The zero-order chi connectivity index (χ0) is 20.8. The van der Waals surface area contributed by atoms with Crippen LogP contribution in [0.15, 0.2) is 54.2 Å². The Morgan fingerprint density at radius 2 is 2.10 bits per heavy atom. The van der Waals surface area contributed by atoms with Crippen LogP contribution in [0.1, 0.15) is 11.4 Å². The molecule has 4 rings (SSSR count). The molecule has 8 nitrogen and oxygen atoms in total. The van der Waals surface area contributed by atoms with Crippen LogP contribution in [0.4, 0.5) is 21.0 Å². The van der Waals surface area contributed by atoms with Gasteiger partial charge < -0.3 is 15.4 Å². The number of carbonyl (C=O) groups is 2. The topological polar surface area (TPSA) is 96.4 Å². The summed E-state index contributed by atoms with van der Waals surface area (Å²) in [5.74, 6) is 0. The summed E-state index contributed by atoms with van der Waals surface area (Å²) in [4.78, 5) is 34.0. The van der Waals surface area contributed by atoms with Gasteiger partial charge in [-0.3, -0.25) is 9.88 Å². The van der Waals surface area contributed by atoms with Crippen LogP contribution in [0.2, 0.25) is 0 Å². The van der Waals surface area contributed by atoms with Crippen LogP contribution in [-0.4, -0.2) is 41.8 Å². The van der Waals surface area contributed by atoms with Gasteiger partial charge in [-0.25, -0.2) is 14.6 Å². The highest BCUT2D eigenvalue weighted by molar-refractivity contribution is 7.09. The predicted molar refractivity (Wildman–Crippen MR) is 116 cm³/mol. The summed E-state index contributed by atoms with van der Waals surface area (Å²) in [5.41, 5.74) is 3.31. The van der Waals surface area contributed by atoms with Crippen LogP contribution in [0, 0.1) is 0 Å². The molecular weight excluding hydrogens is 402 g/mol. The van der Waals surface area contributed by atoms with Gasteiger partial charge in [0, 0.05) is 47.7 Å². The lowest BCUT2D eigenvalue weighted by Gasteiger charge is -2.14. The molecule has 1 fully saturated rings. The number of aryl methyl sites for hydroxylation is 1. The molecule has 0 unspecified atom stereocenters. The van der Waals surface area contributed by atoms with E-state index in [1.54, 1.807) is 41.9 Å². The second kappa shape index (κ2) is 9.36. The second-order valence-electron chi connectivity index (χ2n) is 6.66. The number of thiazole rings is 1. The first-order valence-electron chi connectivity index (χ1n) is 9.63. The van der Waals surface area contributed by atoms with Gasteiger partial charge in [0.2, 0.25) is 0 Å². The van der Waals surface area contributed by atoms with Crippen LogP contribution in [-0.2, 0) is 11.2 Å². The van der Waals surface area contributed by atoms with Gasteiger partial charge in [-0.05, 0) is 36.8 Å². The minimum atomic E-state index is -0.370. The fourth-order valence-corrected chi connectivity index (χ4v) is 3.93. The predicted octanol–water partition coefficient (Wildman–Crippen LogP) is 3.92. The van der Waals surface area contributed by atoms with Gasteiger partial charge in [0.05, 0.1) is 17.2 Å². The Morgan fingerprint density at radius 1 is 1.23 bits per heavy atom. The summed E-state index contributed by atoms with van der Waals surface area (Å²) in [6.07, 6.45) is 4.72. The normalized spacial score (nSPS) is 13.2. The Balaban J connectivity index is 1.22. The number of amides is 3. The molecule has 3 heterocycles. The largest absolute Gasteiger partial charge is 0.447 e. The van der Waals surface area contributed by atoms with Crippen LogP contribution in [0.3, 0.4) is 0 Å². The summed E-state index contributed by atoms with van der Waals surface area (Å²) < 4.78 is 4.95. The lowest BCUT2D eigenvalue weighted by atomic mass is 10.2. The quantitative estimate of drug-likeness (QED) is 0.562. The van der Waals surface area contributed by atoms with E-state index in [1.807, 2.05) is 23.6 Å². The first-order valence-corrected chi connectivity index (χ1v) is 10.5. The molecule has 1 saturated heterocycles. The molecule has 1 aromatic carbocycles. The van der Waals surface area contributed by atoms with Gasteiger partial charge in [-0.2, -0.15) is 0 Å². The van der Waals surface area contributed by atoms with Crippen molar-refractivity contribution in [3.8, 4) is 11.3 Å². The SMILES string of the molecule is O=C(NCCCc1nc(-c2ccncc2)cs1)Nc1cccc(N2CCOC2=O)c1. The first kappa shape index (κ1) is 19.8. The van der Waals surface area contributed by atoms with Gasteiger partial charge >= 0.3 is 12.1 Å². The molecular formula is C21H21N5O3S. The van der Waals surface area contributed by atoms with Crippen molar-refractivity contribution in [1.82, 2.24) is 15.3 Å². The molecule has 154 valence electrons. The van der Waals surface area contributed by atoms with E-state index in [0.717, 1.165) is 29.1 Å². The number of carbonyl (C=O) groups excluding carboxylic acids is 2. The van der Waals surface area contributed by atoms with Crippen LogP contribution < -0.4 is 15.5 Å². The molecule has 3 aromatic rings. The number of benzene rings is 1. The maximum atomic E-state index is 12.2. The van der Waals surface area contributed by atoms with Crippen LogP contribution >= 0.6 is 11.3 Å². The van der Waals surface area contributed by atoms with Gasteiger partial charge in [0.15, 0.2) is 0 Å². The lowest BCUT2D eigenvalue weighted by Crippen LogP contribution is -2.30. The number of ether oxygens (including phenoxy) is 1. The summed E-state index contributed by atoms with van der Waals surface area (Å²) in [5, 5.41) is 8.72. The highest BCUT2D eigenvalue weighted by Gasteiger charge is 2.23. The van der Waals surface area contributed by atoms with E-state index in [0.29, 0.717) is 31.1 Å². The van der Waals surface area contributed by atoms with E-state index in [2.05, 4.69) is 20.6 Å². The number of urea groups is 1. The lowest BCUT2D eigenvalue weighted by molar-refractivity contribution is 0.181. The van der Waals surface area contributed by atoms with E-state index >= 15 is 0 Å². The first-order chi connectivity index (χ1) is 14.7. The summed E-state index contributed by atoms with van der Waals surface area (Å²) >= 11 is 1.62. The van der Waals surface area contributed by atoms with Crippen molar-refractivity contribution in [3.05, 3.63) is 59.2 Å². The Morgan fingerprint density at radius 3 is 2.90 bits per heavy atom. The van der Waals surface area contributed by atoms with E-state index in [9.17, 15) is 9.59 Å². The van der Waals surface area contributed by atoms with E-state index in [1.165, 1.54) is 4.90 Å². The van der Waals surface area contributed by atoms with Crippen LogP contribution in [0.5, 0.6) is 0 Å². The van der Waals surface area contributed by atoms with Crippen molar-refractivity contribution < 1.29 is 14.3 Å². The highest BCUT2D eigenvalue weighted by Crippen LogP contribution is 2.23. The minimum absolute atomic E-state index is 0.284. The molecule has 0 spiro atoms. The third-order valence-electron chi connectivity index (χ3n) is 4.56. The van der Waals surface area contributed by atoms with Crippen LogP contribution in [0.25, 0.3) is 11.3 Å². The smallest absolute Gasteiger partial charge is 0.414 e. The molecule has 3 amide bonds. The number of nitrogens with one attached hydrogen (secondary N) is 2. The van der Waals surface area contributed by atoms with Gasteiger partial charge in [0.1, 0.15) is 6.61 Å². The maximum Gasteiger partial charge on any atom is 0.414 e. The van der Waals surface area contributed by atoms with Gasteiger partial charge in [-0.15, -0.1) is 11.3 Å². The van der Waals surface area contributed by atoms with Gasteiger partial charge in [-0.1, -0.05) is 6.07 Å². The van der Waals surface area contributed by atoms with Crippen molar-refractivity contribution in [3.63, 3.8) is 0 Å². The molecule has 0 bridgehead atoms. The molecule has 0 aliphatic carbocycles. The average Bonchev–Trinajstić information content (AvgIpc) is 3.41. The standard InChI is InChI=1S/C21H21N5O3S/c27-20(24-16-3-1-4-17(13-16)26-11-12-29-21(26)28)23-8-2-5-19-25-18(14-30-19)15-6-9-22-10-7-15/h1,3-4,6-7,9-10,13-14H,2,5,8,11-12H2,(H2,23,24,27). The Bertz CT molecular complexity index is 1020. The van der Waals surface area contributed by atoms with Crippen molar-refractivity contribution in [2.75, 3.05) is 29.9 Å². The summed E-state index contributed by atoms with van der Waals surface area (Å²) in [7, 11) is 0. The number of anilines is 2. The second-order valence-corrected chi connectivity index (χ2v) is 7.61. The van der Waals surface area contributed by atoms with E-state index in [-0.39, 0.29) is 12.1 Å². The highest BCUT2D eigenvalue weighted by atomic mass is 32.1. The van der Waals surface area contributed by atoms with Crippen molar-refractivity contribution in [1.29, 1.82) is 0 Å². The molecule has 0 saturated carbocycles. The molecule has 2 aromatic heterocycles. The molecule has 9 heteroatoms. The molecule has 2 N–H and O–H groups in total.